The molecule has 0 N–H and O–H groups in total. The zero-order chi connectivity index (χ0) is 9.42. The van der Waals surface area contributed by atoms with E-state index in [0.717, 1.165) is 0 Å². The van der Waals surface area contributed by atoms with E-state index < -0.39 is 11.9 Å². The van der Waals surface area contributed by atoms with Crippen LogP contribution in [-0.2, 0) is 14.3 Å². The smallest absolute Gasteiger partial charge is 0.327 e. The summed E-state index contributed by atoms with van der Waals surface area (Å²) in [6.07, 6.45) is 2.45. The SMILES string of the molecule is CC(C1CC1)N1CC(=O)OC(=O)C1. The Labute approximate surface area is 76.8 Å². The van der Waals surface area contributed by atoms with Crippen molar-refractivity contribution >= 4 is 11.9 Å². The molecule has 0 bridgehead atoms. The van der Waals surface area contributed by atoms with Gasteiger partial charge in [-0.05, 0) is 25.7 Å². The van der Waals surface area contributed by atoms with Crippen LogP contribution >= 0.6 is 0 Å². The number of rotatable bonds is 2. The maximum Gasteiger partial charge on any atom is 0.327 e. The normalized spacial score (nSPS) is 27.2. The number of morpholine rings is 1. The number of carbonyl (C=O) groups excluding carboxylic acids is 2. The van der Waals surface area contributed by atoms with Crippen LogP contribution in [-0.4, -0.2) is 36.0 Å². The van der Waals surface area contributed by atoms with E-state index in [2.05, 4.69) is 11.7 Å². The van der Waals surface area contributed by atoms with Gasteiger partial charge in [-0.3, -0.25) is 14.5 Å². The molecule has 0 aromatic carbocycles. The van der Waals surface area contributed by atoms with Gasteiger partial charge < -0.3 is 4.74 Å². The molecule has 0 aromatic rings. The molecule has 0 amide bonds. The predicted octanol–water partition coefficient (Wildman–Crippen LogP) is 0.170. The molecule has 2 rings (SSSR count). The number of nitrogens with zero attached hydrogens (tertiary/aromatic N) is 1. The van der Waals surface area contributed by atoms with Crippen LogP contribution in [0.4, 0.5) is 0 Å². The number of ether oxygens (including phenoxy) is 1. The van der Waals surface area contributed by atoms with Crippen molar-refractivity contribution in [2.75, 3.05) is 13.1 Å². The van der Waals surface area contributed by atoms with Crippen LogP contribution in [0.1, 0.15) is 19.8 Å². The lowest BCUT2D eigenvalue weighted by atomic mass is 10.1. The third kappa shape index (κ3) is 1.88. The molecular weight excluding hydrogens is 170 g/mol. The topological polar surface area (TPSA) is 46.6 Å². The minimum absolute atomic E-state index is 0.267. The molecule has 13 heavy (non-hydrogen) atoms. The van der Waals surface area contributed by atoms with Crippen LogP contribution in [0.3, 0.4) is 0 Å². The van der Waals surface area contributed by atoms with Gasteiger partial charge >= 0.3 is 11.9 Å². The molecule has 1 unspecified atom stereocenters. The van der Waals surface area contributed by atoms with E-state index >= 15 is 0 Å². The first-order valence-corrected chi connectivity index (χ1v) is 4.64. The van der Waals surface area contributed by atoms with Crippen molar-refractivity contribution < 1.29 is 14.3 Å². The summed E-state index contributed by atoms with van der Waals surface area (Å²) in [5.74, 6) is -0.147. The van der Waals surface area contributed by atoms with Crippen molar-refractivity contribution in [3.63, 3.8) is 0 Å². The minimum Gasteiger partial charge on any atom is -0.391 e. The van der Waals surface area contributed by atoms with E-state index in [1.54, 1.807) is 0 Å². The average molecular weight is 183 g/mol. The second-order valence-electron chi connectivity index (χ2n) is 3.83. The Morgan fingerprint density at radius 3 is 2.31 bits per heavy atom. The fraction of sp³-hybridized carbons (Fsp3) is 0.778. The van der Waals surface area contributed by atoms with E-state index in [4.69, 9.17) is 0 Å². The lowest BCUT2D eigenvalue weighted by molar-refractivity contribution is -0.168. The summed E-state index contributed by atoms with van der Waals surface area (Å²) in [7, 11) is 0. The molecule has 0 radical (unpaired) electrons. The maximum atomic E-state index is 10.9. The molecule has 1 atom stereocenters. The Balaban J connectivity index is 1.97. The summed E-state index contributed by atoms with van der Waals surface area (Å²) < 4.78 is 4.45. The third-order valence-electron chi connectivity index (χ3n) is 2.77. The van der Waals surface area contributed by atoms with Gasteiger partial charge in [0.2, 0.25) is 0 Å². The molecule has 1 heterocycles. The van der Waals surface area contributed by atoms with Crippen molar-refractivity contribution in [3.8, 4) is 0 Å². The highest BCUT2D eigenvalue weighted by Crippen LogP contribution is 2.35. The number of hydrogen-bond donors (Lipinski definition) is 0. The Hall–Kier alpha value is -0.900. The zero-order valence-electron chi connectivity index (χ0n) is 7.66. The van der Waals surface area contributed by atoms with E-state index in [-0.39, 0.29) is 13.1 Å². The van der Waals surface area contributed by atoms with Crippen LogP contribution in [0.2, 0.25) is 0 Å². The molecule has 0 aromatic heterocycles. The van der Waals surface area contributed by atoms with Gasteiger partial charge in [0.05, 0.1) is 13.1 Å². The minimum atomic E-state index is -0.413. The van der Waals surface area contributed by atoms with Gasteiger partial charge in [-0.1, -0.05) is 0 Å². The summed E-state index contributed by atoms with van der Waals surface area (Å²) in [6, 6.07) is 0.344. The van der Waals surface area contributed by atoms with Gasteiger partial charge in [0, 0.05) is 6.04 Å². The highest BCUT2D eigenvalue weighted by atomic mass is 16.6. The number of cyclic esters (lactones) is 2. The van der Waals surface area contributed by atoms with Crippen LogP contribution in [0.5, 0.6) is 0 Å². The van der Waals surface area contributed by atoms with Crippen LogP contribution in [0.15, 0.2) is 0 Å². The zero-order valence-corrected chi connectivity index (χ0v) is 7.66. The van der Waals surface area contributed by atoms with Gasteiger partial charge in [-0.25, -0.2) is 0 Å². The van der Waals surface area contributed by atoms with Crippen molar-refractivity contribution in [1.82, 2.24) is 4.90 Å². The molecule has 72 valence electrons. The summed E-state index contributed by atoms with van der Waals surface area (Å²) in [5, 5.41) is 0. The first kappa shape index (κ1) is 8.69. The summed E-state index contributed by atoms with van der Waals surface area (Å²) in [4.78, 5) is 23.8. The van der Waals surface area contributed by atoms with Crippen LogP contribution in [0, 0.1) is 5.92 Å². The molecule has 4 nitrogen and oxygen atoms in total. The van der Waals surface area contributed by atoms with E-state index in [1.165, 1.54) is 12.8 Å². The molecule has 1 saturated heterocycles. The van der Waals surface area contributed by atoms with Crippen molar-refractivity contribution in [2.24, 2.45) is 5.92 Å². The first-order valence-electron chi connectivity index (χ1n) is 4.64. The number of hydrogen-bond acceptors (Lipinski definition) is 4. The standard InChI is InChI=1S/C9H13NO3/c1-6(7-2-3-7)10-4-8(11)13-9(12)5-10/h6-7H,2-5H2,1H3. The Kier molecular flexibility index (Phi) is 2.07. The van der Waals surface area contributed by atoms with Gasteiger partial charge in [-0.15, -0.1) is 0 Å². The van der Waals surface area contributed by atoms with Crippen LogP contribution in [0.25, 0.3) is 0 Å². The van der Waals surface area contributed by atoms with E-state index in [1.807, 2.05) is 4.90 Å². The Morgan fingerprint density at radius 1 is 1.31 bits per heavy atom. The van der Waals surface area contributed by atoms with E-state index in [0.29, 0.717) is 12.0 Å². The number of esters is 2. The quantitative estimate of drug-likeness (QED) is 0.452. The molecule has 1 saturated carbocycles. The largest absolute Gasteiger partial charge is 0.391 e. The highest BCUT2D eigenvalue weighted by Gasteiger charge is 2.36. The monoisotopic (exact) mass is 183 g/mol. The fourth-order valence-electron chi connectivity index (χ4n) is 1.74. The van der Waals surface area contributed by atoms with Gasteiger partial charge in [0.15, 0.2) is 0 Å². The maximum absolute atomic E-state index is 10.9. The van der Waals surface area contributed by atoms with Crippen molar-refractivity contribution in [1.29, 1.82) is 0 Å². The lowest BCUT2D eigenvalue weighted by Gasteiger charge is -2.29. The van der Waals surface area contributed by atoms with Gasteiger partial charge in [0.25, 0.3) is 0 Å². The number of carbonyl (C=O) groups is 2. The lowest BCUT2D eigenvalue weighted by Crippen LogP contribution is -2.47. The average Bonchev–Trinajstić information content (AvgIpc) is 2.83. The molecule has 0 spiro atoms. The molecule has 1 aliphatic heterocycles. The summed E-state index contributed by atoms with van der Waals surface area (Å²) in [6.45, 7) is 2.61. The third-order valence-corrected chi connectivity index (χ3v) is 2.77. The van der Waals surface area contributed by atoms with Crippen molar-refractivity contribution in [3.05, 3.63) is 0 Å². The van der Waals surface area contributed by atoms with Gasteiger partial charge in [0.1, 0.15) is 0 Å². The van der Waals surface area contributed by atoms with Crippen LogP contribution < -0.4 is 0 Å². The summed E-state index contributed by atoms with van der Waals surface area (Å²) in [5.41, 5.74) is 0. The highest BCUT2D eigenvalue weighted by molar-refractivity contribution is 5.90. The molecule has 4 heteroatoms. The van der Waals surface area contributed by atoms with Gasteiger partial charge in [-0.2, -0.15) is 0 Å². The fourth-order valence-corrected chi connectivity index (χ4v) is 1.74. The Bertz CT molecular complexity index is 231. The first-order chi connectivity index (χ1) is 6.16. The summed E-state index contributed by atoms with van der Waals surface area (Å²) >= 11 is 0. The second-order valence-corrected chi connectivity index (χ2v) is 3.83. The molecular formula is C9H13NO3. The molecule has 1 aliphatic carbocycles. The molecule has 2 fully saturated rings. The Morgan fingerprint density at radius 2 is 1.85 bits per heavy atom. The predicted molar refractivity (Wildman–Crippen MR) is 44.9 cm³/mol. The second kappa shape index (κ2) is 3.10. The van der Waals surface area contributed by atoms with E-state index in [9.17, 15) is 9.59 Å². The molecule has 2 aliphatic rings. The van der Waals surface area contributed by atoms with Crippen molar-refractivity contribution in [2.45, 2.75) is 25.8 Å².